The predicted octanol–water partition coefficient (Wildman–Crippen LogP) is 2.68. The zero-order valence-corrected chi connectivity index (χ0v) is 29.7. The molecule has 2 aliphatic heterocycles. The highest BCUT2D eigenvalue weighted by molar-refractivity contribution is 7.70. The van der Waals surface area contributed by atoms with Crippen LogP contribution in [0, 0.1) is 6.92 Å². The molecule has 2 aliphatic rings. The first-order valence-corrected chi connectivity index (χ1v) is 18.6. The van der Waals surface area contributed by atoms with E-state index < -0.39 is 49.0 Å². The third-order valence-corrected chi connectivity index (χ3v) is 10.4. The van der Waals surface area contributed by atoms with Gasteiger partial charge in [-0.25, -0.2) is 0 Å². The van der Waals surface area contributed by atoms with Gasteiger partial charge in [-0.1, -0.05) is 48.0 Å². The number of primary amides is 1. The number of nitrogens with zero attached hydrogens (tertiary/aromatic N) is 2. The Kier molecular flexibility index (Phi) is 10.5. The van der Waals surface area contributed by atoms with Gasteiger partial charge in [0.05, 0.1) is 5.69 Å². The van der Waals surface area contributed by atoms with Gasteiger partial charge in [-0.15, -0.1) is 0 Å². The molecule has 3 aromatic carbocycles. The van der Waals surface area contributed by atoms with Gasteiger partial charge in [-0.2, -0.15) is 0 Å². The van der Waals surface area contributed by atoms with Crippen LogP contribution in [-0.4, -0.2) is 80.5 Å². The molecule has 52 heavy (non-hydrogen) atoms. The molecule has 0 saturated carbocycles. The van der Waals surface area contributed by atoms with Crippen molar-refractivity contribution in [3.05, 3.63) is 100 Å². The molecule has 0 unspecified atom stereocenters. The van der Waals surface area contributed by atoms with E-state index in [4.69, 9.17) is 5.73 Å². The first-order chi connectivity index (χ1) is 24.7. The molecule has 7 N–H and O–H groups in total. The van der Waals surface area contributed by atoms with Gasteiger partial charge >= 0.3 is 7.60 Å². The van der Waals surface area contributed by atoms with Crippen molar-refractivity contribution in [2.45, 2.75) is 63.7 Å². The lowest BCUT2D eigenvalue weighted by Crippen LogP contribution is -2.56. The number of carbonyl (C=O) groups is 5. The summed E-state index contributed by atoms with van der Waals surface area (Å²) < 4.78 is 11.5. The van der Waals surface area contributed by atoms with Crippen LogP contribution in [0.1, 0.15) is 62.4 Å². The van der Waals surface area contributed by atoms with Crippen LogP contribution in [-0.2, 0) is 38.3 Å². The van der Waals surface area contributed by atoms with Crippen molar-refractivity contribution < 1.29 is 38.3 Å². The van der Waals surface area contributed by atoms with Crippen molar-refractivity contribution in [3.63, 3.8) is 0 Å². The Hall–Kier alpha value is -5.14. The lowest BCUT2D eigenvalue weighted by Gasteiger charge is -2.30. The Morgan fingerprint density at radius 1 is 1.06 bits per heavy atom. The fourth-order valence-electron chi connectivity index (χ4n) is 7.04. The quantitative estimate of drug-likeness (QED) is 0.112. The summed E-state index contributed by atoms with van der Waals surface area (Å²) in [4.78, 5) is 90.8. The number of aromatic amines is 1. The van der Waals surface area contributed by atoms with Crippen LogP contribution in [0.25, 0.3) is 10.9 Å². The van der Waals surface area contributed by atoms with E-state index in [9.17, 15) is 38.3 Å². The van der Waals surface area contributed by atoms with Crippen LogP contribution in [0.3, 0.4) is 0 Å². The van der Waals surface area contributed by atoms with Gasteiger partial charge in [0.15, 0.2) is 0 Å². The molecule has 0 bridgehead atoms. The fourth-order valence-corrected chi connectivity index (χ4v) is 7.51. The average molecular weight is 729 g/mol. The van der Waals surface area contributed by atoms with E-state index in [1.54, 1.807) is 0 Å². The largest absolute Gasteiger partial charge is 0.396 e. The molecule has 1 aromatic heterocycles. The predicted molar refractivity (Wildman–Crippen MR) is 194 cm³/mol. The maximum Gasteiger partial charge on any atom is 0.396 e. The summed E-state index contributed by atoms with van der Waals surface area (Å²) in [5.41, 5.74) is 9.12. The Morgan fingerprint density at radius 3 is 2.50 bits per heavy atom. The number of aryl methyl sites for hydroxylation is 2. The summed E-state index contributed by atoms with van der Waals surface area (Å²) >= 11 is 0. The standard InChI is InChI=1S/C37H41N6O8P/c1-21-6-8-22(9-7-21)19-42(2)20-27(12-15-32(38)44)39-35(46)31-18-24-5-3-4-23-10-14-29(36(47)43(31)33(23)24)41-34(45)30-17-26-16-25(11-13-28(26)40-30)37(48)52(49,50)51/h3-9,11,13,16-17,27,29,31,40H,10,12,14-15,18-20H2,1-2H3,(H2,38,44)(H,39,46)(H,41,45)(H2,49,50,51)/t27-,29-,31-/m0/s1. The molecule has 4 amide bonds. The number of carbonyl (C=O) groups excluding carboxylic acids is 5. The van der Waals surface area contributed by atoms with Gasteiger partial charge in [0.25, 0.3) is 11.4 Å². The highest BCUT2D eigenvalue weighted by Crippen LogP contribution is 2.40. The number of hydrogen-bond acceptors (Lipinski definition) is 7. The molecular weight excluding hydrogens is 687 g/mol. The minimum atomic E-state index is -5.00. The number of nitrogens with two attached hydrogens (primary N) is 1. The lowest BCUT2D eigenvalue weighted by molar-refractivity contribution is -0.127. The van der Waals surface area contributed by atoms with Crippen molar-refractivity contribution in [1.82, 2.24) is 20.5 Å². The van der Waals surface area contributed by atoms with Crippen LogP contribution in [0.2, 0.25) is 0 Å². The molecular formula is C37H41N6O8P. The second-order valence-corrected chi connectivity index (χ2v) is 15.1. The first-order valence-electron chi connectivity index (χ1n) is 17.0. The van der Waals surface area contributed by atoms with Gasteiger partial charge in [0, 0.05) is 48.4 Å². The number of hydrogen-bond donors (Lipinski definition) is 6. The number of para-hydroxylation sites is 1. The van der Waals surface area contributed by atoms with Gasteiger partial charge in [0.2, 0.25) is 17.7 Å². The molecule has 15 heteroatoms. The molecule has 0 fully saturated rings. The van der Waals surface area contributed by atoms with Gasteiger partial charge in [-0.3, -0.25) is 33.4 Å². The summed E-state index contributed by atoms with van der Waals surface area (Å²) in [6.07, 6.45) is 1.41. The number of rotatable bonds is 13. The zero-order valence-electron chi connectivity index (χ0n) is 28.8. The Balaban J connectivity index is 1.20. The van der Waals surface area contributed by atoms with Crippen LogP contribution in [0.4, 0.5) is 5.69 Å². The number of amides is 4. The number of fused-ring (bicyclic) bond motifs is 1. The van der Waals surface area contributed by atoms with Crippen molar-refractivity contribution >= 4 is 53.3 Å². The molecule has 0 saturated heterocycles. The smallest absolute Gasteiger partial charge is 0.370 e. The molecule has 0 spiro atoms. The van der Waals surface area contributed by atoms with Gasteiger partial charge in [-0.05, 0) is 74.2 Å². The molecule has 0 aliphatic carbocycles. The summed E-state index contributed by atoms with van der Waals surface area (Å²) in [7, 11) is -3.07. The Labute approximate surface area is 299 Å². The topological polar surface area (TPSA) is 215 Å². The van der Waals surface area contributed by atoms with E-state index in [2.05, 4.69) is 20.5 Å². The van der Waals surface area contributed by atoms with Crippen LogP contribution >= 0.6 is 7.60 Å². The van der Waals surface area contributed by atoms with E-state index in [0.29, 0.717) is 42.5 Å². The second kappa shape index (κ2) is 14.8. The Bertz CT molecular complexity index is 2110. The van der Waals surface area contributed by atoms with Crippen LogP contribution in [0.15, 0.2) is 66.7 Å². The molecule has 3 atom stereocenters. The molecule has 14 nitrogen and oxygen atoms in total. The van der Waals surface area contributed by atoms with E-state index in [-0.39, 0.29) is 36.4 Å². The van der Waals surface area contributed by atoms with Crippen molar-refractivity contribution in [2.24, 2.45) is 5.73 Å². The number of benzene rings is 3. The number of nitrogens with one attached hydrogen (secondary N) is 3. The summed E-state index contributed by atoms with van der Waals surface area (Å²) in [5.74, 6) is -1.90. The maximum absolute atomic E-state index is 14.3. The molecule has 0 radical (unpaired) electrons. The number of aromatic nitrogens is 1. The van der Waals surface area contributed by atoms with E-state index in [0.717, 1.165) is 22.3 Å². The monoisotopic (exact) mass is 728 g/mol. The van der Waals surface area contributed by atoms with Gasteiger partial charge < -0.3 is 36.0 Å². The minimum Gasteiger partial charge on any atom is -0.370 e. The number of likely N-dealkylation sites (N-methyl/N-ethyl adjacent to an activating group) is 1. The van der Waals surface area contributed by atoms with Crippen molar-refractivity contribution in [3.8, 4) is 0 Å². The minimum absolute atomic E-state index is 0.0736. The highest BCUT2D eigenvalue weighted by atomic mass is 31.2. The first kappa shape index (κ1) is 36.6. The van der Waals surface area contributed by atoms with E-state index in [1.807, 2.05) is 56.4 Å². The zero-order chi connectivity index (χ0) is 37.3. The summed E-state index contributed by atoms with van der Waals surface area (Å²) in [5, 5.41) is 6.28. The van der Waals surface area contributed by atoms with Crippen molar-refractivity contribution in [2.75, 3.05) is 18.5 Å². The molecule has 4 aromatic rings. The maximum atomic E-state index is 14.3. The van der Waals surface area contributed by atoms with Crippen LogP contribution in [0.5, 0.6) is 0 Å². The summed E-state index contributed by atoms with van der Waals surface area (Å²) in [6, 6.07) is 16.9. The third kappa shape index (κ3) is 8.00. The fraction of sp³-hybridized carbons (Fsp3) is 0.324. The van der Waals surface area contributed by atoms with E-state index >= 15 is 0 Å². The summed E-state index contributed by atoms with van der Waals surface area (Å²) in [6.45, 7) is 3.07. The van der Waals surface area contributed by atoms with Crippen LogP contribution < -0.4 is 21.3 Å². The average Bonchev–Trinajstić information content (AvgIpc) is 3.67. The van der Waals surface area contributed by atoms with E-state index in [1.165, 1.54) is 29.2 Å². The number of anilines is 1. The normalized spacial score (nSPS) is 17.5. The Morgan fingerprint density at radius 2 is 1.79 bits per heavy atom. The number of H-pyrrole nitrogens is 1. The molecule has 272 valence electrons. The van der Waals surface area contributed by atoms with Gasteiger partial charge in [0.1, 0.15) is 17.8 Å². The third-order valence-electron chi connectivity index (χ3n) is 9.58. The molecule has 3 heterocycles. The van der Waals surface area contributed by atoms with Crippen molar-refractivity contribution in [1.29, 1.82) is 0 Å². The SMILES string of the molecule is Cc1ccc(CN(C)C[C@H](CCC(N)=O)NC(=O)[C@@H]2Cc3cccc4c3N2C(=O)[C@@H](NC(=O)c2cc3cc(C(=O)P(=O)(O)O)ccc3[nH]2)CC4)cc1. The molecule has 6 rings (SSSR count). The lowest BCUT2D eigenvalue weighted by atomic mass is 10.0. The highest BCUT2D eigenvalue weighted by Gasteiger charge is 2.44. The second-order valence-electron chi connectivity index (χ2n) is 13.6.